The number of nitrogens with one attached hydrogen (secondary N) is 2. The molecule has 3 aromatic heterocycles. The molecule has 21 heteroatoms. The molecule has 6 heterocycles. The monoisotopic (exact) mass is 901 g/mol. The lowest BCUT2D eigenvalue weighted by Crippen LogP contribution is -2.64. The van der Waals surface area contributed by atoms with Crippen LogP contribution in [0.5, 0.6) is 5.75 Å². The number of rotatable bonds is 17. The van der Waals surface area contributed by atoms with Crippen molar-refractivity contribution in [3.8, 4) is 17.0 Å². The fourth-order valence-electron chi connectivity index (χ4n) is 8.84. The maximum Gasteiger partial charge on any atom is 0.266 e. The minimum atomic E-state index is -2.90. The van der Waals surface area contributed by atoms with Crippen molar-refractivity contribution in [1.29, 1.82) is 0 Å². The molecule has 4 amide bonds. The number of methoxy groups -OCH3 is 1. The van der Waals surface area contributed by atoms with Crippen molar-refractivity contribution in [3.05, 3.63) is 83.6 Å². The number of nitrogens with two attached hydrogens (primary N) is 2. The van der Waals surface area contributed by atoms with E-state index in [1.807, 2.05) is 4.90 Å². The van der Waals surface area contributed by atoms with Crippen LogP contribution in [0.4, 0.5) is 34.8 Å². The van der Waals surface area contributed by atoms with Gasteiger partial charge in [0, 0.05) is 50.0 Å². The molecule has 8 rings (SSSR count). The van der Waals surface area contributed by atoms with Crippen LogP contribution in [-0.4, -0.2) is 110 Å². The number of pyridine rings is 1. The third-order valence-electron chi connectivity index (χ3n) is 12.1. The highest BCUT2D eigenvalue weighted by molar-refractivity contribution is 6.25. The van der Waals surface area contributed by atoms with E-state index >= 15 is 4.39 Å². The lowest BCUT2D eigenvalue weighted by atomic mass is 9.84. The van der Waals surface area contributed by atoms with E-state index in [4.69, 9.17) is 20.9 Å². The average Bonchev–Trinajstić information content (AvgIpc) is 3.81. The van der Waals surface area contributed by atoms with Gasteiger partial charge in [-0.3, -0.25) is 34.4 Å². The molecular formula is C44H47F4N11O6. The van der Waals surface area contributed by atoms with Crippen molar-refractivity contribution in [2.75, 3.05) is 49.3 Å². The Morgan fingerprint density at radius 3 is 2.58 bits per heavy atom. The molecule has 5 aromatic rings. The summed E-state index contributed by atoms with van der Waals surface area (Å²) in [5.41, 5.74) is 14.1. The average molecular weight is 902 g/mol. The van der Waals surface area contributed by atoms with Gasteiger partial charge < -0.3 is 35.7 Å². The Bertz CT molecular complexity index is 2650. The molecule has 65 heavy (non-hydrogen) atoms. The number of alkyl halides is 2. The van der Waals surface area contributed by atoms with E-state index in [2.05, 4.69) is 30.6 Å². The first kappa shape index (κ1) is 44.9. The van der Waals surface area contributed by atoms with Crippen LogP contribution in [0, 0.1) is 11.6 Å². The minimum Gasteiger partial charge on any atom is -0.494 e. The number of carbonyl (C=O) groups excluding carboxylic acids is 4. The van der Waals surface area contributed by atoms with Crippen LogP contribution < -0.4 is 31.7 Å². The van der Waals surface area contributed by atoms with Crippen molar-refractivity contribution in [2.45, 2.75) is 82.0 Å². The van der Waals surface area contributed by atoms with Gasteiger partial charge in [0.05, 0.1) is 54.2 Å². The molecule has 2 aromatic carbocycles. The predicted molar refractivity (Wildman–Crippen MR) is 229 cm³/mol. The summed E-state index contributed by atoms with van der Waals surface area (Å²) in [6.07, 6.45) is 3.07. The first-order valence-electron chi connectivity index (χ1n) is 21.2. The number of anilines is 3. The number of amides is 4. The fourth-order valence-corrected chi connectivity index (χ4v) is 8.84. The van der Waals surface area contributed by atoms with Crippen LogP contribution in [0.2, 0.25) is 0 Å². The molecule has 0 aliphatic carbocycles. The van der Waals surface area contributed by atoms with Gasteiger partial charge in [0.2, 0.25) is 11.8 Å². The molecular weight excluding hydrogens is 855 g/mol. The predicted octanol–water partition coefficient (Wildman–Crippen LogP) is 4.83. The highest BCUT2D eigenvalue weighted by Crippen LogP contribution is 2.36. The third-order valence-corrected chi connectivity index (χ3v) is 12.1. The zero-order valence-corrected chi connectivity index (χ0v) is 35.4. The van der Waals surface area contributed by atoms with Gasteiger partial charge in [0.25, 0.3) is 18.2 Å². The Balaban J connectivity index is 0.895. The van der Waals surface area contributed by atoms with Gasteiger partial charge in [-0.2, -0.15) is 0 Å². The number of ether oxygens (including phenoxy) is 2. The van der Waals surface area contributed by atoms with Crippen molar-refractivity contribution < 1.29 is 46.2 Å². The number of benzene rings is 2. The van der Waals surface area contributed by atoms with E-state index in [1.54, 1.807) is 22.8 Å². The number of nitrogens with zero attached hydrogens (tertiary/aromatic N) is 7. The van der Waals surface area contributed by atoms with E-state index < -0.39 is 59.4 Å². The highest BCUT2D eigenvalue weighted by atomic mass is 19.3. The molecule has 2 fully saturated rings. The van der Waals surface area contributed by atoms with Crippen molar-refractivity contribution in [1.82, 2.24) is 34.7 Å². The van der Waals surface area contributed by atoms with E-state index in [-0.39, 0.29) is 72.9 Å². The number of carbonyl (C=O) groups is 4. The van der Waals surface area contributed by atoms with Gasteiger partial charge in [-0.05, 0) is 61.9 Å². The van der Waals surface area contributed by atoms with E-state index in [0.717, 1.165) is 17.0 Å². The van der Waals surface area contributed by atoms with Crippen LogP contribution in [0.15, 0.2) is 55.2 Å². The van der Waals surface area contributed by atoms with E-state index in [9.17, 15) is 32.3 Å². The van der Waals surface area contributed by atoms with Gasteiger partial charge in [-0.25, -0.2) is 32.5 Å². The molecule has 17 nitrogen and oxygen atoms in total. The zero-order valence-electron chi connectivity index (χ0n) is 35.4. The fraction of sp³-hybridized carbons (Fsp3) is 0.409. The Kier molecular flexibility index (Phi) is 13.0. The number of unbranched alkanes of at least 4 members (excludes halogenated alkanes) is 3. The maximum absolute atomic E-state index is 15.3. The molecule has 0 saturated carbocycles. The molecule has 1 unspecified atom stereocenters. The molecule has 3 aliphatic heterocycles. The van der Waals surface area contributed by atoms with E-state index in [1.165, 1.54) is 32.0 Å². The molecule has 342 valence electrons. The number of aromatic nitrogens is 5. The Morgan fingerprint density at radius 1 is 0.985 bits per heavy atom. The summed E-state index contributed by atoms with van der Waals surface area (Å²) in [4.78, 5) is 70.6. The SMILES string of the molecule is COc1cc(F)c(-c2cc(Cn3cnc4c(N)ncnc43)c(N3CCC[C@](N)([C@H](OCCCCCCNc4cccc5c4C(=O)N(C4CCC(=O)NC4=O)C5=O)C(F)F)C3)cn2)cc1F. The lowest BCUT2D eigenvalue weighted by Gasteiger charge is -2.45. The second kappa shape index (κ2) is 18.8. The van der Waals surface area contributed by atoms with Crippen LogP contribution in [0.1, 0.15) is 77.6 Å². The first-order chi connectivity index (χ1) is 31.3. The first-order valence-corrected chi connectivity index (χ1v) is 21.2. The summed E-state index contributed by atoms with van der Waals surface area (Å²) in [5.74, 6) is -3.97. The number of halogens is 4. The number of nitrogen functional groups attached to an aromatic ring is 1. The van der Waals surface area contributed by atoms with Gasteiger partial charge in [-0.1, -0.05) is 18.9 Å². The van der Waals surface area contributed by atoms with E-state index in [0.29, 0.717) is 73.3 Å². The number of fused-ring (bicyclic) bond motifs is 2. The van der Waals surface area contributed by atoms with Gasteiger partial charge in [0.15, 0.2) is 23.0 Å². The van der Waals surface area contributed by atoms with Crippen LogP contribution in [-0.2, 0) is 20.9 Å². The number of imidazole rings is 1. The van der Waals surface area contributed by atoms with Crippen LogP contribution >= 0.6 is 0 Å². The normalized spacial score (nSPS) is 19.3. The number of imide groups is 2. The standard InChI is InChI=1S/C44H47F4N11O6/c1-64-33-18-27(45)26(17-28(33)46)30-16-24(20-58-23-55-36-39(49)53-22-54-40(36)58)32(19-52-30)57-14-7-12-44(50,21-57)37(38(47)48)65-15-5-3-2-4-13-51-29-9-6-8-25-35(29)43(63)59(42(25)62)31-10-11-34(60)56-41(31)61/h6,8-9,16-19,22-23,31,37-38,51H,2-5,7,10-15,20-21,50H2,1H3,(H2,49,53,54)(H,56,60,61)/t31?,37-,44-/m1/s1. The number of hydrogen-bond acceptors (Lipinski definition) is 14. The molecule has 2 saturated heterocycles. The summed E-state index contributed by atoms with van der Waals surface area (Å²) in [5, 5.41) is 5.40. The Labute approximate surface area is 369 Å². The number of hydrogen-bond donors (Lipinski definition) is 4. The van der Waals surface area contributed by atoms with Crippen LogP contribution in [0.3, 0.4) is 0 Å². The van der Waals surface area contributed by atoms with Gasteiger partial charge >= 0.3 is 0 Å². The van der Waals surface area contributed by atoms with Crippen LogP contribution in [0.25, 0.3) is 22.4 Å². The largest absolute Gasteiger partial charge is 0.494 e. The maximum atomic E-state index is 15.3. The molecule has 3 atom stereocenters. The molecule has 3 aliphatic rings. The number of piperidine rings is 2. The second-order valence-electron chi connectivity index (χ2n) is 16.4. The minimum absolute atomic E-state index is 0.0183. The van der Waals surface area contributed by atoms with Gasteiger partial charge in [-0.15, -0.1) is 0 Å². The van der Waals surface area contributed by atoms with Crippen molar-refractivity contribution in [3.63, 3.8) is 0 Å². The highest BCUT2D eigenvalue weighted by Gasteiger charge is 2.47. The summed E-state index contributed by atoms with van der Waals surface area (Å²) in [6.45, 7) is 1.02. The van der Waals surface area contributed by atoms with Crippen molar-refractivity contribution >= 4 is 52.0 Å². The summed E-state index contributed by atoms with van der Waals surface area (Å²) in [7, 11) is 1.23. The second-order valence-corrected chi connectivity index (χ2v) is 16.4. The summed E-state index contributed by atoms with van der Waals surface area (Å²) >= 11 is 0. The summed E-state index contributed by atoms with van der Waals surface area (Å²) < 4.78 is 72.3. The Morgan fingerprint density at radius 2 is 1.80 bits per heavy atom. The Hall–Kier alpha value is -6.74. The third kappa shape index (κ3) is 9.02. The van der Waals surface area contributed by atoms with Crippen molar-refractivity contribution in [2.24, 2.45) is 5.73 Å². The quantitative estimate of drug-likeness (QED) is 0.0558. The van der Waals surface area contributed by atoms with Gasteiger partial charge in [0.1, 0.15) is 29.8 Å². The molecule has 6 N–H and O–H groups in total. The molecule has 0 bridgehead atoms. The summed E-state index contributed by atoms with van der Waals surface area (Å²) in [6, 6.07) is 7.31. The topological polar surface area (TPSA) is 226 Å². The lowest BCUT2D eigenvalue weighted by molar-refractivity contribution is -0.136. The molecule has 0 spiro atoms. The smallest absolute Gasteiger partial charge is 0.266 e. The molecule has 0 radical (unpaired) electrons. The zero-order chi connectivity index (χ0) is 46.0.